The number of ether oxygens (including phenoxy) is 2. The quantitative estimate of drug-likeness (QED) is 0.832. The number of likely N-dealkylation sites (N-methyl/N-ethyl adjacent to an activating group) is 1. The first-order chi connectivity index (χ1) is 9.78. The van der Waals surface area contributed by atoms with Gasteiger partial charge in [-0.1, -0.05) is 13.8 Å². The molecule has 0 bridgehead atoms. The van der Waals surface area contributed by atoms with Gasteiger partial charge in [0.25, 0.3) is 0 Å². The average molecular weight is 299 g/mol. The van der Waals surface area contributed by atoms with Crippen molar-refractivity contribution in [1.29, 1.82) is 0 Å². The zero-order valence-electron chi connectivity index (χ0n) is 12.6. The van der Waals surface area contributed by atoms with Crippen LogP contribution in [0, 0.1) is 0 Å². The molecule has 20 heavy (non-hydrogen) atoms. The number of rotatable bonds is 7. The Balaban J connectivity index is 2.10. The van der Waals surface area contributed by atoms with Gasteiger partial charge in [-0.3, -0.25) is 4.90 Å². The summed E-state index contributed by atoms with van der Waals surface area (Å²) in [7, 11) is 1.71. The second-order valence-corrected chi connectivity index (χ2v) is 6.00. The van der Waals surface area contributed by atoms with Crippen molar-refractivity contribution in [2.75, 3.05) is 39.9 Å². The second kappa shape index (κ2) is 8.05. The first-order valence-electron chi connectivity index (χ1n) is 7.30. The molecule has 1 fully saturated rings. The maximum absolute atomic E-state index is 5.89. The van der Waals surface area contributed by atoms with Crippen LogP contribution in [0.1, 0.15) is 35.5 Å². The molecule has 1 aromatic rings. The molecule has 0 aliphatic carbocycles. The van der Waals surface area contributed by atoms with Crippen LogP contribution in [-0.2, 0) is 22.6 Å². The molecular formula is C14H25N3O2S. The van der Waals surface area contributed by atoms with Crippen LogP contribution in [0.2, 0.25) is 0 Å². The minimum absolute atomic E-state index is 0.111. The molecule has 5 nitrogen and oxygen atoms in total. The fourth-order valence-corrected chi connectivity index (χ4v) is 3.39. The van der Waals surface area contributed by atoms with E-state index in [-0.39, 0.29) is 6.10 Å². The van der Waals surface area contributed by atoms with Crippen LogP contribution in [-0.4, -0.2) is 49.8 Å². The van der Waals surface area contributed by atoms with Crippen molar-refractivity contribution < 1.29 is 9.47 Å². The van der Waals surface area contributed by atoms with Crippen LogP contribution in [0.15, 0.2) is 0 Å². The van der Waals surface area contributed by atoms with E-state index in [9.17, 15) is 0 Å². The normalized spacial score (nSPS) is 20.4. The highest BCUT2D eigenvalue weighted by molar-refractivity contribution is 7.11. The van der Waals surface area contributed by atoms with E-state index < -0.39 is 0 Å². The molecule has 1 aliphatic heterocycles. The van der Waals surface area contributed by atoms with Gasteiger partial charge in [-0.2, -0.15) is 0 Å². The monoisotopic (exact) mass is 299 g/mol. The van der Waals surface area contributed by atoms with Gasteiger partial charge in [-0.05, 0) is 13.1 Å². The topological polar surface area (TPSA) is 46.6 Å². The molecule has 1 saturated heterocycles. The van der Waals surface area contributed by atoms with Crippen molar-refractivity contribution in [3.63, 3.8) is 0 Å². The van der Waals surface area contributed by atoms with E-state index in [1.807, 2.05) is 0 Å². The molecule has 114 valence electrons. The van der Waals surface area contributed by atoms with E-state index in [2.05, 4.69) is 24.1 Å². The molecule has 0 saturated carbocycles. The van der Waals surface area contributed by atoms with E-state index >= 15 is 0 Å². The van der Waals surface area contributed by atoms with Gasteiger partial charge in [0.05, 0.1) is 18.9 Å². The van der Waals surface area contributed by atoms with Crippen LogP contribution in [0.3, 0.4) is 0 Å². The Hall–Kier alpha value is -0.530. The van der Waals surface area contributed by atoms with E-state index in [1.54, 1.807) is 18.4 Å². The Labute approximate surface area is 125 Å². The molecule has 6 heteroatoms. The molecule has 0 amide bonds. The van der Waals surface area contributed by atoms with Crippen molar-refractivity contribution >= 4 is 11.3 Å². The lowest BCUT2D eigenvalue weighted by molar-refractivity contribution is -0.0283. The zero-order valence-corrected chi connectivity index (χ0v) is 13.5. The highest BCUT2D eigenvalue weighted by atomic mass is 32.1. The van der Waals surface area contributed by atoms with Gasteiger partial charge in [-0.15, -0.1) is 11.3 Å². The summed E-state index contributed by atoms with van der Waals surface area (Å²) in [6.45, 7) is 10.5. The lowest BCUT2D eigenvalue weighted by Crippen LogP contribution is -2.38. The zero-order chi connectivity index (χ0) is 14.4. The molecular weight excluding hydrogens is 274 g/mol. The minimum Gasteiger partial charge on any atom is -0.378 e. The Morgan fingerprint density at radius 3 is 3.05 bits per heavy atom. The number of aromatic nitrogens is 1. The highest BCUT2D eigenvalue weighted by Gasteiger charge is 2.25. The maximum atomic E-state index is 5.89. The molecule has 2 heterocycles. The predicted octanol–water partition coefficient (Wildman–Crippen LogP) is 1.79. The molecule has 1 atom stereocenters. The lowest BCUT2D eigenvalue weighted by atomic mass is 10.3. The van der Waals surface area contributed by atoms with Gasteiger partial charge in [0.1, 0.15) is 11.1 Å². The SMILES string of the molecule is CCNCc1sc(C2CN(CC)CCO2)nc1COC. The minimum atomic E-state index is 0.111. The molecule has 1 unspecified atom stereocenters. The highest BCUT2D eigenvalue weighted by Crippen LogP contribution is 2.29. The number of hydrogen-bond donors (Lipinski definition) is 1. The van der Waals surface area contributed by atoms with E-state index in [0.717, 1.165) is 50.0 Å². The Morgan fingerprint density at radius 1 is 1.50 bits per heavy atom. The number of methoxy groups -OCH3 is 1. The summed E-state index contributed by atoms with van der Waals surface area (Å²) in [5.41, 5.74) is 1.05. The van der Waals surface area contributed by atoms with Crippen molar-refractivity contribution in [3.8, 4) is 0 Å². The summed E-state index contributed by atoms with van der Waals surface area (Å²) in [5.74, 6) is 0. The fourth-order valence-electron chi connectivity index (χ4n) is 2.31. The average Bonchev–Trinajstić information content (AvgIpc) is 2.89. The van der Waals surface area contributed by atoms with Crippen LogP contribution in [0.5, 0.6) is 0 Å². The van der Waals surface area contributed by atoms with Crippen LogP contribution >= 0.6 is 11.3 Å². The number of morpholine rings is 1. The summed E-state index contributed by atoms with van der Waals surface area (Å²) in [6, 6.07) is 0. The second-order valence-electron chi connectivity index (χ2n) is 4.89. The third-order valence-corrected chi connectivity index (χ3v) is 4.67. The predicted molar refractivity (Wildman–Crippen MR) is 81.0 cm³/mol. The Kier molecular flexibility index (Phi) is 6.38. The molecule has 1 aromatic heterocycles. The van der Waals surface area contributed by atoms with Gasteiger partial charge >= 0.3 is 0 Å². The number of nitrogens with zero attached hydrogens (tertiary/aromatic N) is 2. The number of hydrogen-bond acceptors (Lipinski definition) is 6. The smallest absolute Gasteiger partial charge is 0.124 e. The summed E-state index contributed by atoms with van der Waals surface area (Å²) in [4.78, 5) is 8.42. The van der Waals surface area contributed by atoms with Gasteiger partial charge in [0.2, 0.25) is 0 Å². The van der Waals surface area contributed by atoms with E-state index in [4.69, 9.17) is 14.5 Å². The summed E-state index contributed by atoms with van der Waals surface area (Å²) in [5, 5.41) is 4.45. The van der Waals surface area contributed by atoms with Gasteiger partial charge < -0.3 is 14.8 Å². The molecule has 0 radical (unpaired) electrons. The summed E-state index contributed by atoms with van der Waals surface area (Å²) >= 11 is 1.75. The lowest BCUT2D eigenvalue weighted by Gasteiger charge is -2.30. The van der Waals surface area contributed by atoms with Crippen LogP contribution in [0.4, 0.5) is 0 Å². The van der Waals surface area contributed by atoms with Crippen LogP contribution in [0.25, 0.3) is 0 Å². The van der Waals surface area contributed by atoms with Gasteiger partial charge in [-0.25, -0.2) is 4.98 Å². The third kappa shape index (κ3) is 3.99. The molecule has 2 rings (SSSR count). The third-order valence-electron chi connectivity index (χ3n) is 3.48. The molecule has 1 N–H and O–H groups in total. The van der Waals surface area contributed by atoms with Crippen molar-refractivity contribution in [2.24, 2.45) is 0 Å². The Morgan fingerprint density at radius 2 is 2.35 bits per heavy atom. The standard InChI is InChI=1S/C14H25N3O2S/c1-4-15-8-13-11(10-18-3)16-14(20-13)12-9-17(5-2)6-7-19-12/h12,15H,4-10H2,1-3H3. The summed E-state index contributed by atoms with van der Waals surface area (Å²) in [6.07, 6.45) is 0.111. The molecule has 1 aliphatic rings. The molecule has 0 aromatic carbocycles. The first kappa shape index (κ1) is 15.9. The maximum Gasteiger partial charge on any atom is 0.124 e. The number of thiazole rings is 1. The first-order valence-corrected chi connectivity index (χ1v) is 8.12. The van der Waals surface area contributed by atoms with Crippen molar-refractivity contribution in [1.82, 2.24) is 15.2 Å². The Bertz CT molecular complexity index is 411. The van der Waals surface area contributed by atoms with Gasteiger partial charge in [0, 0.05) is 31.6 Å². The van der Waals surface area contributed by atoms with Gasteiger partial charge in [0.15, 0.2) is 0 Å². The molecule has 0 spiro atoms. The van der Waals surface area contributed by atoms with Crippen LogP contribution < -0.4 is 5.32 Å². The largest absolute Gasteiger partial charge is 0.378 e. The van der Waals surface area contributed by atoms with E-state index in [0.29, 0.717) is 6.61 Å². The van der Waals surface area contributed by atoms with Crippen molar-refractivity contribution in [3.05, 3.63) is 15.6 Å². The van der Waals surface area contributed by atoms with Crippen molar-refractivity contribution in [2.45, 2.75) is 33.1 Å². The van der Waals surface area contributed by atoms with E-state index in [1.165, 1.54) is 4.88 Å². The summed E-state index contributed by atoms with van der Waals surface area (Å²) < 4.78 is 11.1. The number of nitrogens with one attached hydrogen (secondary N) is 1. The fraction of sp³-hybridized carbons (Fsp3) is 0.786.